The van der Waals surface area contributed by atoms with E-state index in [0.29, 0.717) is 18.9 Å². The Hall–Kier alpha value is -1.48. The van der Waals surface area contributed by atoms with Crippen LogP contribution in [0.2, 0.25) is 0 Å². The molecule has 0 saturated heterocycles. The van der Waals surface area contributed by atoms with Crippen LogP contribution in [-0.2, 0) is 4.79 Å². The zero-order valence-corrected chi connectivity index (χ0v) is 12.8. The monoisotopic (exact) mass is 275 g/mol. The van der Waals surface area contributed by atoms with Crippen molar-refractivity contribution >= 4 is 11.6 Å². The van der Waals surface area contributed by atoms with Gasteiger partial charge in [0.1, 0.15) is 5.78 Å². The van der Waals surface area contributed by atoms with Crippen molar-refractivity contribution in [2.24, 2.45) is 5.92 Å². The number of likely N-dealkylation sites (N-methyl/N-ethyl adjacent to an activating group) is 1. The summed E-state index contributed by atoms with van der Waals surface area (Å²) >= 11 is 0. The number of benzene rings is 1. The molecule has 0 aliphatic carbocycles. The van der Waals surface area contributed by atoms with Crippen molar-refractivity contribution in [3.05, 3.63) is 35.9 Å². The molecule has 3 nitrogen and oxygen atoms in total. The number of ketones is 2. The zero-order valence-electron chi connectivity index (χ0n) is 12.8. The van der Waals surface area contributed by atoms with E-state index in [4.69, 9.17) is 0 Å². The van der Waals surface area contributed by atoms with Crippen LogP contribution in [0.15, 0.2) is 30.3 Å². The molecule has 0 aliphatic rings. The lowest BCUT2D eigenvalue weighted by atomic mass is 9.96. The highest BCUT2D eigenvalue weighted by atomic mass is 16.1. The SMILES string of the molecule is CC[C@@H](CCN(C)CC(=O)c1ccccc1)CC(C)=O. The molecule has 0 N–H and O–H groups in total. The largest absolute Gasteiger partial charge is 0.300 e. The van der Waals surface area contributed by atoms with E-state index in [2.05, 4.69) is 6.92 Å². The molecular weight excluding hydrogens is 250 g/mol. The quantitative estimate of drug-likeness (QED) is 0.649. The number of hydrogen-bond acceptors (Lipinski definition) is 3. The minimum absolute atomic E-state index is 0.146. The number of hydrogen-bond donors (Lipinski definition) is 0. The van der Waals surface area contributed by atoms with Crippen LogP contribution >= 0.6 is 0 Å². The van der Waals surface area contributed by atoms with Crippen LogP contribution in [0.5, 0.6) is 0 Å². The first kappa shape index (κ1) is 16.6. The molecule has 110 valence electrons. The summed E-state index contributed by atoms with van der Waals surface area (Å²) in [6.07, 6.45) is 2.63. The van der Waals surface area contributed by atoms with Crippen LogP contribution in [0, 0.1) is 5.92 Å². The van der Waals surface area contributed by atoms with E-state index in [-0.39, 0.29) is 11.6 Å². The molecule has 0 saturated carbocycles. The summed E-state index contributed by atoms with van der Waals surface area (Å²) < 4.78 is 0. The van der Waals surface area contributed by atoms with E-state index >= 15 is 0 Å². The lowest BCUT2D eigenvalue weighted by Gasteiger charge is -2.19. The van der Waals surface area contributed by atoms with Crippen molar-refractivity contribution in [1.82, 2.24) is 4.90 Å². The number of carbonyl (C=O) groups excluding carboxylic acids is 2. The van der Waals surface area contributed by atoms with E-state index < -0.39 is 0 Å². The van der Waals surface area contributed by atoms with Gasteiger partial charge in [0.05, 0.1) is 6.54 Å². The first-order valence-corrected chi connectivity index (χ1v) is 7.29. The molecule has 1 rings (SSSR count). The summed E-state index contributed by atoms with van der Waals surface area (Å²) in [7, 11) is 1.96. The predicted molar refractivity (Wildman–Crippen MR) is 82.0 cm³/mol. The standard InChI is InChI=1S/C17H25NO2/c1-4-15(12-14(2)19)10-11-18(3)13-17(20)16-8-6-5-7-9-16/h5-9,15H,4,10-13H2,1-3H3/t15-/m0/s1. The third-order valence-electron chi connectivity index (χ3n) is 3.58. The van der Waals surface area contributed by atoms with Crippen LogP contribution in [-0.4, -0.2) is 36.6 Å². The molecule has 1 aromatic carbocycles. The molecule has 0 amide bonds. The van der Waals surface area contributed by atoms with Crippen molar-refractivity contribution in [3.63, 3.8) is 0 Å². The van der Waals surface area contributed by atoms with Gasteiger partial charge in [0, 0.05) is 12.0 Å². The Morgan fingerprint density at radius 3 is 2.40 bits per heavy atom. The minimum Gasteiger partial charge on any atom is -0.300 e. The topological polar surface area (TPSA) is 37.4 Å². The summed E-state index contributed by atoms with van der Waals surface area (Å²) in [6, 6.07) is 9.37. The van der Waals surface area contributed by atoms with Gasteiger partial charge in [-0.25, -0.2) is 0 Å². The van der Waals surface area contributed by atoms with Gasteiger partial charge in [0.2, 0.25) is 0 Å². The third kappa shape index (κ3) is 6.11. The van der Waals surface area contributed by atoms with Gasteiger partial charge in [0.15, 0.2) is 5.78 Å². The highest BCUT2D eigenvalue weighted by Crippen LogP contribution is 2.14. The van der Waals surface area contributed by atoms with Crippen LogP contribution < -0.4 is 0 Å². The third-order valence-corrected chi connectivity index (χ3v) is 3.58. The van der Waals surface area contributed by atoms with Gasteiger partial charge in [-0.15, -0.1) is 0 Å². The minimum atomic E-state index is 0.146. The molecule has 20 heavy (non-hydrogen) atoms. The molecule has 1 atom stereocenters. The summed E-state index contributed by atoms with van der Waals surface area (Å²) in [5.74, 6) is 0.828. The number of carbonyl (C=O) groups is 2. The average molecular weight is 275 g/mol. The smallest absolute Gasteiger partial charge is 0.176 e. The molecule has 1 aromatic rings. The summed E-state index contributed by atoms with van der Waals surface area (Å²) in [5.41, 5.74) is 0.759. The highest BCUT2D eigenvalue weighted by molar-refractivity contribution is 5.97. The van der Waals surface area contributed by atoms with Crippen molar-refractivity contribution in [2.45, 2.75) is 33.1 Å². The van der Waals surface area contributed by atoms with Gasteiger partial charge in [-0.3, -0.25) is 9.69 Å². The van der Waals surface area contributed by atoms with Crippen LogP contribution in [0.3, 0.4) is 0 Å². The fraction of sp³-hybridized carbons (Fsp3) is 0.529. The summed E-state index contributed by atoms with van der Waals surface area (Å²) in [4.78, 5) is 25.2. The van der Waals surface area contributed by atoms with Crippen molar-refractivity contribution in [1.29, 1.82) is 0 Å². The second-order valence-corrected chi connectivity index (χ2v) is 5.50. The Labute approximate surface area is 122 Å². The maximum atomic E-state index is 12.1. The zero-order chi connectivity index (χ0) is 15.0. The van der Waals surface area contributed by atoms with Crippen LogP contribution in [0.25, 0.3) is 0 Å². The van der Waals surface area contributed by atoms with Gasteiger partial charge in [0.25, 0.3) is 0 Å². The van der Waals surface area contributed by atoms with Crippen molar-refractivity contribution in [3.8, 4) is 0 Å². The molecule has 0 unspecified atom stereocenters. The Bertz CT molecular complexity index is 428. The molecule has 0 heterocycles. The fourth-order valence-electron chi connectivity index (χ4n) is 2.30. The number of Topliss-reactive ketones (excluding diaryl/α,β-unsaturated/α-hetero) is 2. The number of nitrogens with zero attached hydrogens (tertiary/aromatic N) is 1. The Morgan fingerprint density at radius 2 is 1.85 bits per heavy atom. The summed E-state index contributed by atoms with van der Waals surface area (Å²) in [5, 5.41) is 0. The van der Waals surface area contributed by atoms with Gasteiger partial charge < -0.3 is 4.79 Å². The van der Waals surface area contributed by atoms with Gasteiger partial charge in [-0.05, 0) is 32.9 Å². The van der Waals surface area contributed by atoms with E-state index in [0.717, 1.165) is 24.9 Å². The Balaban J connectivity index is 2.38. The van der Waals surface area contributed by atoms with Gasteiger partial charge in [-0.1, -0.05) is 43.7 Å². The normalized spacial score (nSPS) is 12.4. The van der Waals surface area contributed by atoms with Gasteiger partial charge in [-0.2, -0.15) is 0 Å². The Kier molecular flexibility index (Phi) is 7.16. The lowest BCUT2D eigenvalue weighted by molar-refractivity contribution is -0.118. The lowest BCUT2D eigenvalue weighted by Crippen LogP contribution is -2.28. The second kappa shape index (κ2) is 8.64. The average Bonchev–Trinajstić information content (AvgIpc) is 2.44. The maximum Gasteiger partial charge on any atom is 0.176 e. The van der Waals surface area contributed by atoms with E-state index in [1.807, 2.05) is 42.3 Å². The van der Waals surface area contributed by atoms with Crippen LogP contribution in [0.4, 0.5) is 0 Å². The summed E-state index contributed by atoms with van der Waals surface area (Å²) in [6.45, 7) is 5.04. The van der Waals surface area contributed by atoms with Gasteiger partial charge >= 0.3 is 0 Å². The molecule has 0 aliphatic heterocycles. The highest BCUT2D eigenvalue weighted by Gasteiger charge is 2.13. The molecule has 0 radical (unpaired) electrons. The first-order chi connectivity index (χ1) is 9.52. The second-order valence-electron chi connectivity index (χ2n) is 5.50. The first-order valence-electron chi connectivity index (χ1n) is 7.29. The fourth-order valence-corrected chi connectivity index (χ4v) is 2.30. The van der Waals surface area contributed by atoms with E-state index in [9.17, 15) is 9.59 Å². The molecule has 0 aromatic heterocycles. The van der Waals surface area contributed by atoms with Crippen molar-refractivity contribution < 1.29 is 9.59 Å². The maximum absolute atomic E-state index is 12.1. The molecular formula is C17H25NO2. The predicted octanol–water partition coefficient (Wildman–Crippen LogP) is 3.20. The van der Waals surface area contributed by atoms with Crippen molar-refractivity contribution in [2.75, 3.05) is 20.1 Å². The number of rotatable bonds is 9. The van der Waals surface area contributed by atoms with E-state index in [1.165, 1.54) is 0 Å². The van der Waals surface area contributed by atoms with Crippen LogP contribution in [0.1, 0.15) is 43.5 Å². The molecule has 0 spiro atoms. The van der Waals surface area contributed by atoms with E-state index in [1.54, 1.807) is 6.92 Å². The molecule has 0 fully saturated rings. The Morgan fingerprint density at radius 1 is 1.20 bits per heavy atom. The molecule has 0 bridgehead atoms. The molecule has 3 heteroatoms.